The Morgan fingerprint density at radius 3 is 3.00 bits per heavy atom. The maximum absolute atomic E-state index is 12.0. The predicted molar refractivity (Wildman–Crippen MR) is 63.8 cm³/mol. The molecule has 2 heterocycles. The van der Waals surface area contributed by atoms with Crippen molar-refractivity contribution >= 4 is 11.9 Å². The highest BCUT2D eigenvalue weighted by molar-refractivity contribution is 5.78. The molecule has 0 bridgehead atoms. The summed E-state index contributed by atoms with van der Waals surface area (Å²) in [6.07, 6.45) is 2.98. The van der Waals surface area contributed by atoms with E-state index in [0.717, 1.165) is 12.8 Å². The first kappa shape index (κ1) is 13.4. The third kappa shape index (κ3) is 3.49. The van der Waals surface area contributed by atoms with Gasteiger partial charge in [-0.1, -0.05) is 0 Å². The lowest BCUT2D eigenvalue weighted by atomic mass is 9.98. The van der Waals surface area contributed by atoms with Crippen molar-refractivity contribution < 1.29 is 14.3 Å². The quantitative estimate of drug-likeness (QED) is 0.681. The summed E-state index contributed by atoms with van der Waals surface area (Å²) in [7, 11) is 0. The van der Waals surface area contributed by atoms with Gasteiger partial charge in [0.15, 0.2) is 0 Å². The molecule has 19 heavy (non-hydrogen) atoms. The van der Waals surface area contributed by atoms with Crippen LogP contribution < -0.4 is 0 Å². The van der Waals surface area contributed by atoms with Crippen molar-refractivity contribution in [3.05, 3.63) is 6.33 Å². The van der Waals surface area contributed by atoms with Gasteiger partial charge in [0.05, 0.1) is 12.5 Å². The lowest BCUT2D eigenvalue weighted by molar-refractivity contribution is -0.151. The molecule has 2 rings (SSSR count). The minimum Gasteiger partial charge on any atom is -0.466 e. The molecule has 1 atom stereocenters. The summed E-state index contributed by atoms with van der Waals surface area (Å²) in [5, 5.41) is 10.6. The van der Waals surface area contributed by atoms with Gasteiger partial charge in [0.2, 0.25) is 5.91 Å². The number of esters is 1. The number of carbonyl (C=O) groups excluding carboxylic acids is 2. The van der Waals surface area contributed by atoms with Gasteiger partial charge in [0.25, 0.3) is 0 Å². The van der Waals surface area contributed by atoms with Gasteiger partial charge < -0.3 is 9.64 Å². The van der Waals surface area contributed by atoms with Crippen molar-refractivity contribution in [2.45, 2.75) is 26.3 Å². The second kappa shape index (κ2) is 6.26. The Labute approximate surface area is 110 Å². The molecule has 0 aromatic carbocycles. The van der Waals surface area contributed by atoms with Gasteiger partial charge >= 0.3 is 5.97 Å². The largest absolute Gasteiger partial charge is 0.466 e. The highest BCUT2D eigenvalue weighted by atomic mass is 16.5. The lowest BCUT2D eigenvalue weighted by Crippen LogP contribution is -2.44. The molecular formula is C11H17N5O3. The molecule has 0 spiro atoms. The van der Waals surface area contributed by atoms with Crippen molar-refractivity contribution in [3.8, 4) is 0 Å². The number of amides is 1. The molecule has 8 nitrogen and oxygen atoms in total. The fraction of sp³-hybridized carbons (Fsp3) is 0.727. The van der Waals surface area contributed by atoms with Gasteiger partial charge in [-0.2, -0.15) is 0 Å². The van der Waals surface area contributed by atoms with Crippen LogP contribution in [0.2, 0.25) is 0 Å². The Bertz CT molecular complexity index is 434. The van der Waals surface area contributed by atoms with Gasteiger partial charge in [-0.05, 0) is 30.2 Å². The van der Waals surface area contributed by atoms with E-state index in [0.29, 0.717) is 19.7 Å². The van der Waals surface area contributed by atoms with Gasteiger partial charge in [-0.25, -0.2) is 4.68 Å². The van der Waals surface area contributed by atoms with E-state index in [9.17, 15) is 9.59 Å². The smallest absolute Gasteiger partial charge is 0.310 e. The fourth-order valence-electron chi connectivity index (χ4n) is 2.15. The van der Waals surface area contributed by atoms with Crippen LogP contribution in [0.4, 0.5) is 0 Å². The summed E-state index contributed by atoms with van der Waals surface area (Å²) >= 11 is 0. The number of aromatic nitrogens is 4. The number of likely N-dealkylation sites (tertiary alicyclic amines) is 1. The van der Waals surface area contributed by atoms with Crippen molar-refractivity contribution in [2.24, 2.45) is 5.92 Å². The maximum atomic E-state index is 12.0. The number of ether oxygens (including phenoxy) is 1. The molecule has 8 heteroatoms. The number of nitrogens with zero attached hydrogens (tertiary/aromatic N) is 5. The molecule has 1 aliphatic heterocycles. The highest BCUT2D eigenvalue weighted by Crippen LogP contribution is 2.18. The number of piperidine rings is 1. The SMILES string of the molecule is CCOC(=O)[C@@H]1CCCN(C(=O)Cn2cnnn2)C1. The predicted octanol–water partition coefficient (Wildman–Crippen LogP) is -0.525. The molecule has 1 fully saturated rings. The third-order valence-electron chi connectivity index (χ3n) is 3.08. The van der Waals surface area contributed by atoms with Crippen LogP contribution in [-0.2, 0) is 20.9 Å². The molecule has 1 saturated heterocycles. The first-order valence-electron chi connectivity index (χ1n) is 6.36. The minimum atomic E-state index is -0.220. The van der Waals surface area contributed by atoms with Crippen LogP contribution in [0.5, 0.6) is 0 Å². The molecular weight excluding hydrogens is 250 g/mol. The van der Waals surface area contributed by atoms with E-state index in [1.54, 1.807) is 11.8 Å². The van der Waals surface area contributed by atoms with Crippen molar-refractivity contribution in [1.29, 1.82) is 0 Å². The van der Waals surface area contributed by atoms with Crippen LogP contribution in [0.1, 0.15) is 19.8 Å². The molecule has 104 valence electrons. The highest BCUT2D eigenvalue weighted by Gasteiger charge is 2.29. The summed E-state index contributed by atoms with van der Waals surface area (Å²) in [4.78, 5) is 25.4. The van der Waals surface area contributed by atoms with Crippen LogP contribution in [0, 0.1) is 5.92 Å². The molecule has 1 amide bonds. The van der Waals surface area contributed by atoms with E-state index in [-0.39, 0.29) is 24.3 Å². The number of tetrazole rings is 1. The summed E-state index contributed by atoms with van der Waals surface area (Å²) in [6, 6.07) is 0. The van der Waals surface area contributed by atoms with Crippen LogP contribution in [0.15, 0.2) is 6.33 Å². The van der Waals surface area contributed by atoms with Crippen molar-refractivity contribution in [3.63, 3.8) is 0 Å². The number of hydrogen-bond acceptors (Lipinski definition) is 6. The standard InChI is InChI=1S/C11H17N5O3/c1-2-19-11(18)9-4-3-5-15(6-9)10(17)7-16-8-12-13-14-16/h8-9H,2-7H2,1H3/t9-/m1/s1. The van der Waals surface area contributed by atoms with E-state index in [1.165, 1.54) is 11.0 Å². The van der Waals surface area contributed by atoms with E-state index < -0.39 is 0 Å². The summed E-state index contributed by atoms with van der Waals surface area (Å²) in [5.41, 5.74) is 0. The van der Waals surface area contributed by atoms with E-state index in [4.69, 9.17) is 4.74 Å². The van der Waals surface area contributed by atoms with Crippen LogP contribution in [-0.4, -0.2) is 56.7 Å². The molecule has 1 aromatic heterocycles. The Balaban J connectivity index is 1.89. The lowest BCUT2D eigenvalue weighted by Gasteiger charge is -2.31. The second-order valence-electron chi connectivity index (χ2n) is 4.44. The van der Waals surface area contributed by atoms with Crippen LogP contribution >= 0.6 is 0 Å². The Morgan fingerprint density at radius 1 is 1.47 bits per heavy atom. The maximum Gasteiger partial charge on any atom is 0.310 e. The molecule has 0 unspecified atom stereocenters. The van der Waals surface area contributed by atoms with Gasteiger partial charge in [0, 0.05) is 13.1 Å². The molecule has 0 radical (unpaired) electrons. The average molecular weight is 267 g/mol. The van der Waals surface area contributed by atoms with E-state index in [2.05, 4.69) is 15.5 Å². The Hall–Kier alpha value is -1.99. The first-order chi connectivity index (χ1) is 9.20. The van der Waals surface area contributed by atoms with E-state index >= 15 is 0 Å². The molecule has 0 N–H and O–H groups in total. The van der Waals surface area contributed by atoms with Crippen molar-refractivity contribution in [2.75, 3.05) is 19.7 Å². The molecule has 0 aliphatic carbocycles. The molecule has 1 aromatic rings. The zero-order valence-corrected chi connectivity index (χ0v) is 10.9. The first-order valence-corrected chi connectivity index (χ1v) is 6.36. The van der Waals surface area contributed by atoms with Crippen molar-refractivity contribution in [1.82, 2.24) is 25.1 Å². The Morgan fingerprint density at radius 2 is 2.32 bits per heavy atom. The number of rotatable bonds is 4. The van der Waals surface area contributed by atoms with Gasteiger partial charge in [0.1, 0.15) is 12.9 Å². The molecule has 0 saturated carbocycles. The van der Waals surface area contributed by atoms with E-state index in [1.807, 2.05) is 0 Å². The van der Waals surface area contributed by atoms with Crippen LogP contribution in [0.3, 0.4) is 0 Å². The van der Waals surface area contributed by atoms with Gasteiger partial charge in [-0.3, -0.25) is 9.59 Å². The summed E-state index contributed by atoms with van der Waals surface area (Å²) in [5.74, 6) is -0.518. The second-order valence-corrected chi connectivity index (χ2v) is 4.44. The monoisotopic (exact) mass is 267 g/mol. The molecule has 1 aliphatic rings. The number of carbonyl (C=O) groups is 2. The zero-order valence-electron chi connectivity index (χ0n) is 10.9. The third-order valence-corrected chi connectivity index (χ3v) is 3.08. The number of hydrogen-bond donors (Lipinski definition) is 0. The Kier molecular flexibility index (Phi) is 4.43. The summed E-state index contributed by atoms with van der Waals surface area (Å²) in [6.45, 7) is 3.33. The van der Waals surface area contributed by atoms with Crippen LogP contribution in [0.25, 0.3) is 0 Å². The normalized spacial score (nSPS) is 19.2. The average Bonchev–Trinajstić information content (AvgIpc) is 2.92. The summed E-state index contributed by atoms with van der Waals surface area (Å²) < 4.78 is 6.37. The van der Waals surface area contributed by atoms with Gasteiger partial charge in [-0.15, -0.1) is 5.10 Å². The minimum absolute atomic E-state index is 0.0821. The zero-order chi connectivity index (χ0) is 13.7. The fourth-order valence-corrected chi connectivity index (χ4v) is 2.15. The topological polar surface area (TPSA) is 90.2 Å².